The molecule has 10 heteroatoms. The first-order valence-corrected chi connectivity index (χ1v) is 10.5. The molecule has 0 aliphatic carbocycles. The molecule has 3 aromatic rings. The van der Waals surface area contributed by atoms with Crippen LogP contribution in [0, 0.1) is 17.1 Å². The fourth-order valence-corrected chi connectivity index (χ4v) is 4.96. The molecule has 0 saturated carbocycles. The zero-order valence-electron chi connectivity index (χ0n) is 16.4. The number of para-hydroxylation sites is 1. The summed E-state index contributed by atoms with van der Waals surface area (Å²) in [5, 5.41) is 15.7. The predicted molar refractivity (Wildman–Crippen MR) is 117 cm³/mol. The molecule has 1 aromatic heterocycles. The number of halogens is 1. The summed E-state index contributed by atoms with van der Waals surface area (Å²) in [7, 11) is 0. The van der Waals surface area contributed by atoms with E-state index in [1.807, 2.05) is 6.07 Å². The fourth-order valence-electron chi connectivity index (χ4n) is 4.15. The van der Waals surface area contributed by atoms with Gasteiger partial charge in [-0.05, 0) is 23.8 Å². The molecule has 1 amide bonds. The summed E-state index contributed by atoms with van der Waals surface area (Å²) in [6.45, 7) is 0. The predicted octanol–water partition coefficient (Wildman–Crippen LogP) is 2.56. The average Bonchev–Trinajstić information content (AvgIpc) is 3.04. The number of H-pyrrole nitrogens is 1. The van der Waals surface area contributed by atoms with Crippen molar-refractivity contribution in [1.29, 1.82) is 5.26 Å². The summed E-state index contributed by atoms with van der Waals surface area (Å²) in [5.74, 6) is -0.493. The van der Waals surface area contributed by atoms with E-state index in [1.54, 1.807) is 36.4 Å². The number of benzene rings is 2. The van der Waals surface area contributed by atoms with Crippen LogP contribution in [0.2, 0.25) is 0 Å². The number of thioether (sulfide) groups is 1. The highest BCUT2D eigenvalue weighted by Gasteiger charge is 2.57. The SMILES string of the molecule is N#CC1=C(N)Nc2nc(SCc3cccc(F)c3)[nH]c(=O)c2[C@@]12C(=O)Nc1ccccc12. The molecule has 0 bridgehead atoms. The molecule has 5 rings (SSSR count). The number of anilines is 2. The van der Waals surface area contributed by atoms with Crippen molar-refractivity contribution in [3.63, 3.8) is 0 Å². The number of hydrogen-bond donors (Lipinski definition) is 4. The lowest BCUT2D eigenvalue weighted by molar-refractivity contribution is -0.118. The quantitative estimate of drug-likeness (QED) is 0.358. The Labute approximate surface area is 185 Å². The van der Waals surface area contributed by atoms with Gasteiger partial charge in [-0.25, -0.2) is 9.37 Å². The Balaban J connectivity index is 1.65. The zero-order valence-corrected chi connectivity index (χ0v) is 17.2. The van der Waals surface area contributed by atoms with E-state index in [9.17, 15) is 19.2 Å². The van der Waals surface area contributed by atoms with E-state index < -0.39 is 16.9 Å². The van der Waals surface area contributed by atoms with E-state index >= 15 is 0 Å². The lowest BCUT2D eigenvalue weighted by Gasteiger charge is -2.33. The Morgan fingerprint density at radius 1 is 1.16 bits per heavy atom. The summed E-state index contributed by atoms with van der Waals surface area (Å²) in [4.78, 5) is 33.7. The van der Waals surface area contributed by atoms with Crippen molar-refractivity contribution in [2.75, 3.05) is 10.6 Å². The minimum absolute atomic E-state index is 0.000746. The number of nitriles is 1. The van der Waals surface area contributed by atoms with E-state index in [2.05, 4.69) is 20.6 Å². The highest BCUT2D eigenvalue weighted by atomic mass is 32.2. The van der Waals surface area contributed by atoms with E-state index in [-0.39, 0.29) is 33.7 Å². The molecule has 0 radical (unpaired) electrons. The number of hydrogen-bond acceptors (Lipinski definition) is 7. The smallest absolute Gasteiger partial charge is 0.258 e. The van der Waals surface area contributed by atoms with Crippen LogP contribution in [0.5, 0.6) is 0 Å². The van der Waals surface area contributed by atoms with Gasteiger partial charge >= 0.3 is 0 Å². The van der Waals surface area contributed by atoms with Crippen molar-refractivity contribution in [3.8, 4) is 6.07 Å². The van der Waals surface area contributed by atoms with Crippen molar-refractivity contribution < 1.29 is 9.18 Å². The Bertz CT molecular complexity index is 1430. The molecule has 3 heterocycles. The van der Waals surface area contributed by atoms with Crippen LogP contribution in [-0.2, 0) is 16.0 Å². The lowest BCUT2D eigenvalue weighted by atomic mass is 9.69. The molecule has 8 nitrogen and oxygen atoms in total. The van der Waals surface area contributed by atoms with Crippen LogP contribution in [-0.4, -0.2) is 15.9 Å². The van der Waals surface area contributed by atoms with Crippen molar-refractivity contribution in [3.05, 3.63) is 92.8 Å². The molecule has 0 saturated heterocycles. The first kappa shape index (κ1) is 19.8. The van der Waals surface area contributed by atoms with Gasteiger partial charge in [-0.3, -0.25) is 9.59 Å². The number of carbonyl (C=O) groups is 1. The van der Waals surface area contributed by atoms with Gasteiger partial charge in [-0.15, -0.1) is 0 Å². The maximum atomic E-state index is 13.4. The number of nitrogens with zero attached hydrogens (tertiary/aromatic N) is 2. The molecule has 1 atom stereocenters. The van der Waals surface area contributed by atoms with Gasteiger partial charge in [-0.2, -0.15) is 5.26 Å². The van der Waals surface area contributed by atoms with Gasteiger partial charge in [-0.1, -0.05) is 42.1 Å². The van der Waals surface area contributed by atoms with Gasteiger partial charge in [0.25, 0.3) is 5.56 Å². The number of nitrogens with one attached hydrogen (secondary N) is 3. The topological polar surface area (TPSA) is 137 Å². The van der Waals surface area contributed by atoms with Crippen LogP contribution in [0.1, 0.15) is 16.7 Å². The molecule has 2 aliphatic rings. The zero-order chi connectivity index (χ0) is 22.5. The normalized spacial score (nSPS) is 18.6. The van der Waals surface area contributed by atoms with Crippen LogP contribution >= 0.6 is 11.8 Å². The van der Waals surface area contributed by atoms with Gasteiger partial charge in [0.2, 0.25) is 5.91 Å². The number of aromatic nitrogens is 2. The molecule has 0 fully saturated rings. The highest BCUT2D eigenvalue weighted by molar-refractivity contribution is 7.98. The van der Waals surface area contributed by atoms with E-state index in [4.69, 9.17) is 5.73 Å². The van der Waals surface area contributed by atoms with Gasteiger partial charge in [0.15, 0.2) is 5.16 Å². The largest absolute Gasteiger partial charge is 0.384 e. The van der Waals surface area contributed by atoms with E-state index in [1.165, 1.54) is 23.9 Å². The Morgan fingerprint density at radius 2 is 1.97 bits per heavy atom. The molecule has 32 heavy (non-hydrogen) atoms. The van der Waals surface area contributed by atoms with Gasteiger partial charge in [0, 0.05) is 17.0 Å². The maximum Gasteiger partial charge on any atom is 0.258 e. The molecule has 5 N–H and O–H groups in total. The summed E-state index contributed by atoms with van der Waals surface area (Å²) < 4.78 is 13.4. The Kier molecular flexibility index (Phi) is 4.49. The van der Waals surface area contributed by atoms with Crippen molar-refractivity contribution in [2.24, 2.45) is 5.73 Å². The standard InChI is InChI=1S/C22H15FN6O2S/c23-12-5-3-4-11(8-12)10-32-21-28-18-16(19(30)29-21)22(14(9-24)17(25)27-18)13-6-1-2-7-15(13)26-20(22)31/h1-8H,10,25H2,(H,26,31)(H2,27,28,29,30)/t22-/m0/s1. The number of fused-ring (bicyclic) bond motifs is 4. The Hall–Kier alpha value is -4.10. The van der Waals surface area contributed by atoms with Crippen LogP contribution in [0.3, 0.4) is 0 Å². The third-order valence-corrected chi connectivity index (χ3v) is 6.41. The van der Waals surface area contributed by atoms with Gasteiger partial charge in [0.1, 0.15) is 28.9 Å². The summed E-state index contributed by atoms with van der Waals surface area (Å²) in [6, 6.07) is 15.0. The monoisotopic (exact) mass is 446 g/mol. The molecule has 1 spiro atoms. The Morgan fingerprint density at radius 3 is 2.75 bits per heavy atom. The van der Waals surface area contributed by atoms with E-state index in [0.29, 0.717) is 17.0 Å². The van der Waals surface area contributed by atoms with Crippen molar-refractivity contribution >= 4 is 29.2 Å². The second-order valence-electron chi connectivity index (χ2n) is 7.29. The first-order valence-electron chi connectivity index (χ1n) is 9.55. The van der Waals surface area contributed by atoms with Crippen molar-refractivity contribution in [1.82, 2.24) is 9.97 Å². The second kappa shape index (κ2) is 7.25. The van der Waals surface area contributed by atoms with Crippen LogP contribution < -0.4 is 21.9 Å². The first-order chi connectivity index (χ1) is 15.4. The summed E-state index contributed by atoms with van der Waals surface area (Å²) in [6.07, 6.45) is 0. The van der Waals surface area contributed by atoms with Crippen LogP contribution in [0.15, 0.2) is 69.9 Å². The van der Waals surface area contributed by atoms with Gasteiger partial charge in [0.05, 0.1) is 11.1 Å². The average molecular weight is 446 g/mol. The minimum Gasteiger partial charge on any atom is -0.384 e. The number of aromatic amines is 1. The minimum atomic E-state index is -1.71. The van der Waals surface area contributed by atoms with E-state index in [0.717, 1.165) is 5.56 Å². The molecule has 2 aliphatic heterocycles. The number of amides is 1. The second-order valence-corrected chi connectivity index (χ2v) is 8.25. The molecular formula is C22H15FN6O2S. The molecular weight excluding hydrogens is 431 g/mol. The van der Waals surface area contributed by atoms with Crippen molar-refractivity contribution in [2.45, 2.75) is 16.3 Å². The fraction of sp³-hybridized carbons (Fsp3) is 0.0909. The summed E-state index contributed by atoms with van der Waals surface area (Å²) >= 11 is 1.20. The van der Waals surface area contributed by atoms with Crippen LogP contribution in [0.25, 0.3) is 0 Å². The number of nitrogens with two attached hydrogens (primary N) is 1. The molecule has 2 aromatic carbocycles. The van der Waals surface area contributed by atoms with Crippen LogP contribution in [0.4, 0.5) is 15.9 Å². The maximum absolute atomic E-state index is 13.4. The third-order valence-electron chi connectivity index (χ3n) is 5.47. The number of carbonyl (C=O) groups excluding carboxylic acids is 1. The molecule has 158 valence electrons. The lowest BCUT2D eigenvalue weighted by Crippen LogP contribution is -2.47. The van der Waals surface area contributed by atoms with Gasteiger partial charge < -0.3 is 21.4 Å². The third kappa shape index (κ3) is 2.79. The highest BCUT2D eigenvalue weighted by Crippen LogP contribution is 2.50. The molecule has 0 unspecified atom stereocenters. The number of rotatable bonds is 3. The summed E-state index contributed by atoms with van der Waals surface area (Å²) in [5.41, 5.74) is 5.45.